The molecule has 1 N–H and O–H groups in total. The van der Waals surface area contributed by atoms with Gasteiger partial charge in [0.25, 0.3) is 0 Å². The fraction of sp³-hybridized carbons (Fsp3) is 0.333. The number of benzene rings is 1. The second-order valence-corrected chi connectivity index (χ2v) is 6.99. The molecule has 1 heterocycles. The van der Waals surface area contributed by atoms with E-state index >= 15 is 0 Å². The maximum atomic E-state index is 3.55. The molecule has 0 saturated heterocycles. The highest BCUT2D eigenvalue weighted by molar-refractivity contribution is 7.99. The Morgan fingerprint density at radius 2 is 2.00 bits per heavy atom. The van der Waals surface area contributed by atoms with E-state index in [2.05, 4.69) is 56.4 Å². The smallest absolute Gasteiger partial charge is 0.0481 e. The highest BCUT2D eigenvalue weighted by atomic mass is 32.2. The van der Waals surface area contributed by atoms with Crippen LogP contribution in [-0.2, 0) is 6.54 Å². The zero-order valence-corrected chi connectivity index (χ0v) is 12.8. The number of thiophene rings is 1. The number of thioether (sulfide) groups is 1. The van der Waals surface area contributed by atoms with Gasteiger partial charge in [-0.2, -0.15) is 0 Å². The molecular weight excluding hydrogens is 258 g/mol. The lowest BCUT2D eigenvalue weighted by Gasteiger charge is -2.10. The molecule has 0 aliphatic rings. The molecule has 0 aliphatic heterocycles. The van der Waals surface area contributed by atoms with Crippen LogP contribution in [0.1, 0.15) is 22.2 Å². The summed E-state index contributed by atoms with van der Waals surface area (Å²) in [6.45, 7) is 7.47. The van der Waals surface area contributed by atoms with E-state index < -0.39 is 0 Å². The Bertz CT molecular complexity index is 517. The van der Waals surface area contributed by atoms with E-state index in [0.29, 0.717) is 0 Å². The number of hydrogen-bond donors (Lipinski definition) is 1. The van der Waals surface area contributed by atoms with Gasteiger partial charge in [0, 0.05) is 26.9 Å². The summed E-state index contributed by atoms with van der Waals surface area (Å²) >= 11 is 3.76. The summed E-state index contributed by atoms with van der Waals surface area (Å²) < 4.78 is 0. The standard InChI is InChI=1S/C15H19NS2/c1-4-17-15-8-6-5-7-14(15)16-10-13-9-11(2)18-12(13)3/h5-9,16H,4,10H2,1-3H3. The maximum Gasteiger partial charge on any atom is 0.0481 e. The van der Waals surface area contributed by atoms with Gasteiger partial charge < -0.3 is 5.32 Å². The Morgan fingerprint density at radius 3 is 2.67 bits per heavy atom. The van der Waals surface area contributed by atoms with Crippen LogP contribution in [0.25, 0.3) is 0 Å². The van der Waals surface area contributed by atoms with Gasteiger partial charge in [0.2, 0.25) is 0 Å². The minimum atomic E-state index is 0.914. The number of rotatable bonds is 5. The van der Waals surface area contributed by atoms with Crippen LogP contribution in [-0.4, -0.2) is 5.75 Å². The number of para-hydroxylation sites is 1. The number of anilines is 1. The summed E-state index contributed by atoms with van der Waals surface area (Å²) in [5, 5.41) is 3.55. The van der Waals surface area contributed by atoms with Crippen LogP contribution in [0.15, 0.2) is 35.2 Å². The minimum absolute atomic E-state index is 0.914. The van der Waals surface area contributed by atoms with E-state index in [9.17, 15) is 0 Å². The lowest BCUT2D eigenvalue weighted by atomic mass is 10.2. The predicted molar refractivity (Wildman–Crippen MR) is 84.0 cm³/mol. The average molecular weight is 277 g/mol. The molecule has 0 aliphatic carbocycles. The molecule has 0 radical (unpaired) electrons. The lowest BCUT2D eigenvalue weighted by molar-refractivity contribution is 1.12. The highest BCUT2D eigenvalue weighted by Crippen LogP contribution is 2.28. The quantitative estimate of drug-likeness (QED) is 0.764. The Kier molecular flexibility index (Phi) is 4.72. The number of hydrogen-bond acceptors (Lipinski definition) is 3. The topological polar surface area (TPSA) is 12.0 Å². The molecule has 96 valence electrons. The van der Waals surface area contributed by atoms with Gasteiger partial charge in [0.1, 0.15) is 0 Å². The number of aryl methyl sites for hydroxylation is 2. The van der Waals surface area contributed by atoms with Gasteiger partial charge in [-0.15, -0.1) is 23.1 Å². The van der Waals surface area contributed by atoms with Crippen LogP contribution >= 0.6 is 23.1 Å². The van der Waals surface area contributed by atoms with Crippen molar-refractivity contribution >= 4 is 28.8 Å². The molecule has 1 aromatic carbocycles. The average Bonchev–Trinajstić information content (AvgIpc) is 2.67. The molecule has 1 nitrogen and oxygen atoms in total. The van der Waals surface area contributed by atoms with E-state index in [1.807, 2.05) is 23.1 Å². The molecule has 1 aromatic heterocycles. The van der Waals surface area contributed by atoms with Crippen molar-refractivity contribution in [1.29, 1.82) is 0 Å². The molecule has 2 aromatic rings. The van der Waals surface area contributed by atoms with Gasteiger partial charge in [0.05, 0.1) is 0 Å². The second kappa shape index (κ2) is 6.30. The second-order valence-electron chi connectivity index (χ2n) is 4.22. The fourth-order valence-corrected chi connectivity index (χ4v) is 3.67. The molecule has 0 amide bonds. The first-order valence-electron chi connectivity index (χ1n) is 6.22. The van der Waals surface area contributed by atoms with Gasteiger partial charge >= 0.3 is 0 Å². The van der Waals surface area contributed by atoms with Crippen LogP contribution in [0.5, 0.6) is 0 Å². The molecular formula is C15H19NS2. The first-order chi connectivity index (χ1) is 8.70. The normalized spacial score (nSPS) is 10.6. The first-order valence-corrected chi connectivity index (χ1v) is 8.02. The zero-order valence-electron chi connectivity index (χ0n) is 11.1. The zero-order chi connectivity index (χ0) is 13.0. The van der Waals surface area contributed by atoms with Gasteiger partial charge in [-0.05, 0) is 43.4 Å². The largest absolute Gasteiger partial charge is 0.380 e. The Balaban J connectivity index is 2.08. The third kappa shape index (κ3) is 3.30. The molecule has 18 heavy (non-hydrogen) atoms. The molecule has 3 heteroatoms. The summed E-state index contributed by atoms with van der Waals surface area (Å²) in [5.74, 6) is 1.11. The summed E-state index contributed by atoms with van der Waals surface area (Å²) in [6, 6.07) is 10.8. The predicted octanol–water partition coefficient (Wildman–Crippen LogP) is 5.09. The highest BCUT2D eigenvalue weighted by Gasteiger charge is 2.04. The number of nitrogens with one attached hydrogen (secondary N) is 1. The molecule has 0 unspecified atom stereocenters. The molecule has 0 fully saturated rings. The van der Waals surface area contributed by atoms with Gasteiger partial charge in [-0.25, -0.2) is 0 Å². The summed E-state index contributed by atoms with van der Waals surface area (Å²) in [6.07, 6.45) is 0. The molecule has 0 bridgehead atoms. The van der Waals surface area contributed by atoms with Crippen molar-refractivity contribution < 1.29 is 0 Å². The summed E-state index contributed by atoms with van der Waals surface area (Å²) in [4.78, 5) is 4.14. The van der Waals surface area contributed by atoms with Crippen LogP contribution in [0.2, 0.25) is 0 Å². The summed E-state index contributed by atoms with van der Waals surface area (Å²) in [5.41, 5.74) is 2.65. The van der Waals surface area contributed by atoms with Gasteiger partial charge in [0.15, 0.2) is 0 Å². The van der Waals surface area contributed by atoms with Crippen molar-refractivity contribution in [3.05, 3.63) is 45.6 Å². The Hall–Kier alpha value is -0.930. The van der Waals surface area contributed by atoms with Gasteiger partial charge in [-0.1, -0.05) is 19.1 Å². The van der Waals surface area contributed by atoms with Crippen LogP contribution in [0, 0.1) is 13.8 Å². The molecule has 0 spiro atoms. The van der Waals surface area contributed by atoms with Crippen molar-refractivity contribution in [1.82, 2.24) is 0 Å². The van der Waals surface area contributed by atoms with Crippen molar-refractivity contribution in [2.45, 2.75) is 32.2 Å². The van der Waals surface area contributed by atoms with E-state index in [-0.39, 0.29) is 0 Å². The molecule has 0 saturated carbocycles. The van der Waals surface area contributed by atoms with Crippen molar-refractivity contribution in [2.24, 2.45) is 0 Å². The van der Waals surface area contributed by atoms with Crippen molar-refractivity contribution in [3.63, 3.8) is 0 Å². The Morgan fingerprint density at radius 1 is 1.22 bits per heavy atom. The summed E-state index contributed by atoms with van der Waals surface area (Å²) in [7, 11) is 0. The Labute approximate surface area is 118 Å². The fourth-order valence-electron chi connectivity index (χ4n) is 1.94. The molecule has 2 rings (SSSR count). The van der Waals surface area contributed by atoms with E-state index in [4.69, 9.17) is 0 Å². The third-order valence-corrected chi connectivity index (χ3v) is 4.76. The van der Waals surface area contributed by atoms with E-state index in [1.165, 1.54) is 25.9 Å². The van der Waals surface area contributed by atoms with Crippen LogP contribution in [0.3, 0.4) is 0 Å². The molecule has 0 atom stereocenters. The van der Waals surface area contributed by atoms with Crippen molar-refractivity contribution in [3.8, 4) is 0 Å². The van der Waals surface area contributed by atoms with Crippen molar-refractivity contribution in [2.75, 3.05) is 11.1 Å². The van der Waals surface area contributed by atoms with Crippen LogP contribution < -0.4 is 5.32 Å². The first kappa shape index (κ1) is 13.5. The minimum Gasteiger partial charge on any atom is -0.380 e. The van der Waals surface area contributed by atoms with E-state index in [1.54, 1.807) is 0 Å². The monoisotopic (exact) mass is 277 g/mol. The van der Waals surface area contributed by atoms with Gasteiger partial charge in [-0.3, -0.25) is 0 Å². The maximum absolute atomic E-state index is 3.55. The SMILES string of the molecule is CCSc1ccccc1NCc1cc(C)sc1C. The van der Waals surface area contributed by atoms with E-state index in [0.717, 1.165) is 12.3 Å². The third-order valence-electron chi connectivity index (χ3n) is 2.80. The lowest BCUT2D eigenvalue weighted by Crippen LogP contribution is -2.00. The van der Waals surface area contributed by atoms with Crippen LogP contribution in [0.4, 0.5) is 5.69 Å².